The summed E-state index contributed by atoms with van der Waals surface area (Å²) < 4.78 is 0. The maximum atomic E-state index is 11.0. The van der Waals surface area contributed by atoms with Gasteiger partial charge in [-0.3, -0.25) is 10.1 Å². The van der Waals surface area contributed by atoms with E-state index in [4.69, 9.17) is 0 Å². The van der Waals surface area contributed by atoms with Crippen molar-refractivity contribution in [3.63, 3.8) is 0 Å². The zero-order valence-corrected chi connectivity index (χ0v) is 11.0. The van der Waals surface area contributed by atoms with Crippen molar-refractivity contribution in [1.29, 1.82) is 0 Å². The summed E-state index contributed by atoms with van der Waals surface area (Å²) in [6, 6.07) is 8.98. The minimum absolute atomic E-state index is 0.0192. The third-order valence-corrected chi connectivity index (χ3v) is 3.29. The van der Waals surface area contributed by atoms with Crippen LogP contribution in [-0.4, -0.2) is 16.5 Å². The molecule has 0 saturated carbocycles. The Morgan fingerprint density at radius 1 is 1.35 bits per heavy atom. The summed E-state index contributed by atoms with van der Waals surface area (Å²) in [7, 11) is 0. The number of fused-ring (bicyclic) bond motifs is 1. The number of nitro groups is 1. The lowest BCUT2D eigenvalue weighted by molar-refractivity contribution is -0.384. The molecule has 1 aliphatic rings. The van der Waals surface area contributed by atoms with Gasteiger partial charge in [0.1, 0.15) is 0 Å². The summed E-state index contributed by atoms with van der Waals surface area (Å²) in [4.78, 5) is 14.8. The summed E-state index contributed by atoms with van der Waals surface area (Å²) in [6.07, 6.45) is 0.966. The van der Waals surface area contributed by atoms with Gasteiger partial charge in [-0.15, -0.1) is 0 Å². The third-order valence-electron chi connectivity index (χ3n) is 3.29. The average molecular weight is 270 g/mol. The number of nitrogens with zero attached hydrogens (tertiary/aromatic N) is 2. The molecule has 1 aliphatic heterocycles. The maximum Gasteiger partial charge on any atom is 0.311 e. The SMILES string of the molecule is Cc1ccc([N+](=O)[O-])c(Nc2ccc3c(c2)CCN3)n1. The molecule has 0 unspecified atom stereocenters. The van der Waals surface area contributed by atoms with E-state index in [1.54, 1.807) is 6.07 Å². The third kappa shape index (κ3) is 2.27. The Kier molecular flexibility index (Phi) is 2.98. The minimum Gasteiger partial charge on any atom is -0.384 e. The molecule has 3 rings (SSSR count). The Bertz CT molecular complexity index is 685. The van der Waals surface area contributed by atoms with Crippen LogP contribution in [-0.2, 0) is 6.42 Å². The topological polar surface area (TPSA) is 80.1 Å². The lowest BCUT2D eigenvalue weighted by Crippen LogP contribution is -2.01. The van der Waals surface area contributed by atoms with Gasteiger partial charge in [0.15, 0.2) is 0 Å². The summed E-state index contributed by atoms with van der Waals surface area (Å²) >= 11 is 0. The van der Waals surface area contributed by atoms with Crippen LogP contribution in [0.25, 0.3) is 0 Å². The summed E-state index contributed by atoms with van der Waals surface area (Å²) in [5.41, 5.74) is 3.87. The van der Waals surface area contributed by atoms with Gasteiger partial charge in [-0.05, 0) is 43.2 Å². The predicted molar refractivity (Wildman–Crippen MR) is 77.5 cm³/mol. The smallest absolute Gasteiger partial charge is 0.311 e. The van der Waals surface area contributed by atoms with Gasteiger partial charge >= 0.3 is 5.69 Å². The molecular formula is C14H14N4O2. The van der Waals surface area contributed by atoms with E-state index in [9.17, 15) is 10.1 Å². The molecule has 6 heteroatoms. The van der Waals surface area contributed by atoms with Gasteiger partial charge in [0.2, 0.25) is 5.82 Å². The number of pyridine rings is 1. The first-order valence-corrected chi connectivity index (χ1v) is 6.39. The van der Waals surface area contributed by atoms with Gasteiger partial charge < -0.3 is 10.6 Å². The zero-order chi connectivity index (χ0) is 14.1. The van der Waals surface area contributed by atoms with E-state index in [0.29, 0.717) is 0 Å². The highest BCUT2D eigenvalue weighted by molar-refractivity contribution is 5.69. The van der Waals surface area contributed by atoms with Crippen LogP contribution in [0.3, 0.4) is 0 Å². The number of anilines is 3. The second kappa shape index (κ2) is 4.80. The first-order chi connectivity index (χ1) is 9.63. The summed E-state index contributed by atoms with van der Waals surface area (Å²) in [6.45, 7) is 2.74. The summed E-state index contributed by atoms with van der Waals surface area (Å²) in [5.74, 6) is 0.279. The number of aryl methyl sites for hydroxylation is 1. The van der Waals surface area contributed by atoms with Gasteiger partial charge in [0.05, 0.1) is 4.92 Å². The molecule has 0 radical (unpaired) electrons. The largest absolute Gasteiger partial charge is 0.384 e. The first kappa shape index (κ1) is 12.4. The van der Waals surface area contributed by atoms with E-state index in [1.165, 1.54) is 11.6 Å². The van der Waals surface area contributed by atoms with Gasteiger partial charge in [-0.2, -0.15) is 0 Å². The van der Waals surface area contributed by atoms with Crippen molar-refractivity contribution >= 4 is 22.9 Å². The van der Waals surface area contributed by atoms with Crippen molar-refractivity contribution in [2.24, 2.45) is 0 Å². The molecule has 0 saturated heterocycles. The highest BCUT2D eigenvalue weighted by atomic mass is 16.6. The molecule has 0 atom stereocenters. The van der Waals surface area contributed by atoms with Crippen molar-refractivity contribution in [1.82, 2.24) is 4.98 Å². The van der Waals surface area contributed by atoms with Crippen molar-refractivity contribution < 1.29 is 4.92 Å². The Labute approximate surface area is 116 Å². The zero-order valence-electron chi connectivity index (χ0n) is 11.0. The average Bonchev–Trinajstić information content (AvgIpc) is 2.85. The number of aromatic nitrogens is 1. The fraction of sp³-hybridized carbons (Fsp3) is 0.214. The number of hydrogen-bond acceptors (Lipinski definition) is 5. The molecule has 2 aromatic rings. The molecule has 0 spiro atoms. The van der Waals surface area contributed by atoms with Crippen LogP contribution in [0.5, 0.6) is 0 Å². The molecule has 2 heterocycles. The number of nitrogens with one attached hydrogen (secondary N) is 2. The van der Waals surface area contributed by atoms with E-state index < -0.39 is 4.92 Å². The number of hydrogen-bond donors (Lipinski definition) is 2. The Morgan fingerprint density at radius 2 is 2.20 bits per heavy atom. The lowest BCUT2D eigenvalue weighted by atomic mass is 10.1. The Hall–Kier alpha value is -2.63. The highest BCUT2D eigenvalue weighted by Crippen LogP contribution is 2.29. The molecule has 1 aromatic heterocycles. The Morgan fingerprint density at radius 3 is 3.00 bits per heavy atom. The molecule has 0 bridgehead atoms. The molecule has 20 heavy (non-hydrogen) atoms. The Balaban J connectivity index is 1.95. The van der Waals surface area contributed by atoms with Gasteiger partial charge in [0, 0.05) is 29.7 Å². The van der Waals surface area contributed by atoms with Crippen LogP contribution >= 0.6 is 0 Å². The molecule has 0 amide bonds. The monoisotopic (exact) mass is 270 g/mol. The molecule has 1 aromatic carbocycles. The van der Waals surface area contributed by atoms with Crippen LogP contribution in [0.15, 0.2) is 30.3 Å². The standard InChI is InChI=1S/C14H14N4O2/c1-9-2-5-13(18(19)20)14(16-9)17-11-3-4-12-10(8-11)6-7-15-12/h2-5,8,15H,6-7H2,1H3,(H,16,17). The highest BCUT2D eigenvalue weighted by Gasteiger charge is 2.16. The maximum absolute atomic E-state index is 11.0. The fourth-order valence-electron chi connectivity index (χ4n) is 2.31. The van der Waals surface area contributed by atoms with Crippen molar-refractivity contribution in [2.75, 3.05) is 17.2 Å². The summed E-state index contributed by atoms with van der Waals surface area (Å²) in [5, 5.41) is 17.3. The number of benzene rings is 1. The van der Waals surface area contributed by atoms with Gasteiger partial charge in [-0.25, -0.2) is 4.98 Å². The predicted octanol–water partition coefficient (Wildman–Crippen LogP) is 3.01. The number of rotatable bonds is 3. The van der Waals surface area contributed by atoms with E-state index in [-0.39, 0.29) is 11.5 Å². The van der Waals surface area contributed by atoms with Crippen LogP contribution in [0.2, 0.25) is 0 Å². The van der Waals surface area contributed by atoms with Gasteiger partial charge in [0.25, 0.3) is 0 Å². The van der Waals surface area contributed by atoms with Crippen molar-refractivity contribution in [3.8, 4) is 0 Å². The van der Waals surface area contributed by atoms with E-state index in [2.05, 4.69) is 15.6 Å². The van der Waals surface area contributed by atoms with E-state index in [1.807, 2.05) is 25.1 Å². The van der Waals surface area contributed by atoms with Crippen LogP contribution in [0.1, 0.15) is 11.3 Å². The first-order valence-electron chi connectivity index (χ1n) is 6.39. The minimum atomic E-state index is -0.427. The van der Waals surface area contributed by atoms with Crippen LogP contribution in [0.4, 0.5) is 22.9 Å². The molecule has 102 valence electrons. The molecule has 6 nitrogen and oxygen atoms in total. The van der Waals surface area contributed by atoms with E-state index >= 15 is 0 Å². The molecule has 0 aliphatic carbocycles. The quantitative estimate of drug-likeness (QED) is 0.662. The normalized spacial score (nSPS) is 12.7. The van der Waals surface area contributed by atoms with Crippen molar-refractivity contribution in [3.05, 3.63) is 51.7 Å². The van der Waals surface area contributed by atoms with Crippen LogP contribution in [0, 0.1) is 17.0 Å². The van der Waals surface area contributed by atoms with E-state index in [0.717, 1.165) is 30.0 Å². The molecule has 2 N–H and O–H groups in total. The molecule has 0 fully saturated rings. The lowest BCUT2D eigenvalue weighted by Gasteiger charge is -2.08. The second-order valence-electron chi connectivity index (χ2n) is 4.75. The second-order valence-corrected chi connectivity index (χ2v) is 4.75. The van der Waals surface area contributed by atoms with Gasteiger partial charge in [-0.1, -0.05) is 0 Å². The van der Waals surface area contributed by atoms with Crippen molar-refractivity contribution in [2.45, 2.75) is 13.3 Å². The molecular weight excluding hydrogens is 256 g/mol. The fourth-order valence-corrected chi connectivity index (χ4v) is 2.31. The van der Waals surface area contributed by atoms with Crippen LogP contribution < -0.4 is 10.6 Å².